The van der Waals surface area contributed by atoms with Gasteiger partial charge >= 0.3 is 0 Å². The first kappa shape index (κ1) is 3.89. The number of aliphatic hydroxyl groups excluding tert-OH is 1. The van der Waals surface area contributed by atoms with E-state index in [0.29, 0.717) is 0 Å². The first-order chi connectivity index (χ1) is 4.52. The molecule has 1 rings (SSSR count). The van der Waals surface area contributed by atoms with Crippen molar-refractivity contribution in [1.29, 1.82) is 0 Å². The largest absolute Gasteiger partial charge is 0.396 e. The highest BCUT2D eigenvalue weighted by Crippen LogP contribution is 2.48. The monoisotopic (exact) mass is 116 g/mol. The van der Waals surface area contributed by atoms with Crippen LogP contribution in [0.25, 0.3) is 0 Å². The molecule has 0 aromatic heterocycles. The summed E-state index contributed by atoms with van der Waals surface area (Å²) in [6, 6.07) is 0. The molecule has 0 heterocycles. The van der Waals surface area contributed by atoms with Crippen molar-refractivity contribution >= 4 is 0 Å². The number of rotatable bonds is 3. The van der Waals surface area contributed by atoms with Gasteiger partial charge in [-0.25, -0.2) is 0 Å². The summed E-state index contributed by atoms with van der Waals surface area (Å²) in [5.41, 5.74) is -0.129. The van der Waals surface area contributed by atoms with E-state index in [1.807, 2.05) is 6.92 Å². The molecular weight excluding hydrogens is 100 g/mol. The molecule has 1 N–H and O–H groups in total. The van der Waals surface area contributed by atoms with Gasteiger partial charge in [0.05, 0.1) is 0 Å². The highest BCUT2D eigenvalue weighted by Gasteiger charge is 2.35. The lowest BCUT2D eigenvalue weighted by molar-refractivity contribution is 0.270. The van der Waals surface area contributed by atoms with Gasteiger partial charge < -0.3 is 5.11 Å². The second kappa shape index (κ2) is 2.06. The molecule has 0 aromatic rings. The first-order valence-corrected chi connectivity index (χ1v) is 3.13. The maximum atomic E-state index is 8.55. The number of aliphatic hydroxyl groups is 1. The molecule has 0 atom stereocenters. The zero-order chi connectivity index (χ0) is 7.83. The van der Waals surface area contributed by atoms with Gasteiger partial charge in [0.25, 0.3) is 0 Å². The van der Waals surface area contributed by atoms with Crippen LogP contribution in [0, 0.1) is 5.41 Å². The van der Waals surface area contributed by atoms with Crippen LogP contribution in [0.4, 0.5) is 0 Å². The molecule has 1 saturated carbocycles. The van der Waals surface area contributed by atoms with Crippen LogP contribution in [0.15, 0.2) is 0 Å². The molecule has 0 saturated heterocycles. The van der Waals surface area contributed by atoms with Crippen molar-refractivity contribution in [1.82, 2.24) is 0 Å². The summed E-state index contributed by atoms with van der Waals surface area (Å²) >= 11 is 0. The Balaban J connectivity index is 2.50. The summed E-state index contributed by atoms with van der Waals surface area (Å²) in [7, 11) is 0. The second-order valence-electron chi connectivity index (χ2n) is 2.71. The number of hydrogen-bond acceptors (Lipinski definition) is 1. The molecule has 1 heteroatoms. The Labute approximate surface area is 53.5 Å². The molecule has 48 valence electrons. The van der Waals surface area contributed by atoms with E-state index in [9.17, 15) is 0 Å². The summed E-state index contributed by atoms with van der Waals surface area (Å²) in [5.74, 6) is 0. The zero-order valence-electron chi connectivity index (χ0n) is 7.28. The van der Waals surface area contributed by atoms with Gasteiger partial charge in [0.1, 0.15) is 0 Å². The summed E-state index contributed by atoms with van der Waals surface area (Å²) in [5, 5.41) is 8.55. The Bertz CT molecular complexity index is 130. The van der Waals surface area contributed by atoms with E-state index in [1.54, 1.807) is 0 Å². The van der Waals surface area contributed by atoms with Crippen LogP contribution in [-0.2, 0) is 0 Å². The highest BCUT2D eigenvalue weighted by atomic mass is 16.2. The molecule has 0 spiro atoms. The van der Waals surface area contributed by atoms with E-state index in [-0.39, 0.29) is 18.4 Å². The predicted molar refractivity (Wildman–Crippen MR) is 33.7 cm³/mol. The minimum absolute atomic E-state index is 0.0391. The maximum absolute atomic E-state index is 8.55. The predicted octanol–water partition coefficient (Wildman–Crippen LogP) is 1.56. The summed E-state index contributed by atoms with van der Waals surface area (Å²) in [6.45, 7) is 1.91. The standard InChI is InChI=1S/C7H14O/c1-7(4-5-7)3-2-6-8/h8H,2-6H2,1H3/i3D2. The van der Waals surface area contributed by atoms with Gasteiger partial charge in [0.15, 0.2) is 0 Å². The van der Waals surface area contributed by atoms with Crippen molar-refractivity contribution in [3.63, 3.8) is 0 Å². The van der Waals surface area contributed by atoms with Crippen LogP contribution in [0.2, 0.25) is 0 Å². The Morgan fingerprint density at radius 2 is 2.38 bits per heavy atom. The molecule has 1 nitrogen and oxygen atoms in total. The van der Waals surface area contributed by atoms with Crippen LogP contribution >= 0.6 is 0 Å². The van der Waals surface area contributed by atoms with Crippen molar-refractivity contribution < 1.29 is 7.85 Å². The van der Waals surface area contributed by atoms with Crippen LogP contribution in [0.5, 0.6) is 0 Å². The van der Waals surface area contributed by atoms with Crippen LogP contribution in [-0.4, -0.2) is 11.7 Å². The van der Waals surface area contributed by atoms with Crippen molar-refractivity contribution in [2.24, 2.45) is 5.41 Å². The topological polar surface area (TPSA) is 20.2 Å². The molecule has 1 aliphatic carbocycles. The molecule has 0 bridgehead atoms. The van der Waals surface area contributed by atoms with Crippen molar-refractivity contribution in [3.8, 4) is 0 Å². The fraction of sp³-hybridized carbons (Fsp3) is 1.00. The van der Waals surface area contributed by atoms with Gasteiger partial charge in [0.2, 0.25) is 0 Å². The molecule has 0 radical (unpaired) electrons. The van der Waals surface area contributed by atoms with E-state index in [4.69, 9.17) is 7.85 Å². The van der Waals surface area contributed by atoms with Crippen molar-refractivity contribution in [2.75, 3.05) is 6.61 Å². The van der Waals surface area contributed by atoms with Gasteiger partial charge in [-0.3, -0.25) is 0 Å². The molecule has 1 aliphatic rings. The minimum Gasteiger partial charge on any atom is -0.396 e. The van der Waals surface area contributed by atoms with Crippen LogP contribution in [0.1, 0.15) is 35.3 Å². The first-order valence-electron chi connectivity index (χ1n) is 4.13. The SMILES string of the molecule is [2H]C([2H])(CCO)C1(C)CC1. The summed E-state index contributed by atoms with van der Waals surface area (Å²) < 4.78 is 15.1. The van der Waals surface area contributed by atoms with Crippen LogP contribution in [0.3, 0.4) is 0 Å². The Morgan fingerprint density at radius 3 is 2.75 bits per heavy atom. The van der Waals surface area contributed by atoms with E-state index in [0.717, 1.165) is 12.8 Å². The molecular formula is C7H14O. The lowest BCUT2D eigenvalue weighted by atomic mass is 10.0. The summed E-state index contributed by atoms with van der Waals surface area (Å²) in [4.78, 5) is 0. The Morgan fingerprint density at radius 1 is 1.75 bits per heavy atom. The average molecular weight is 116 g/mol. The number of hydrogen-bond donors (Lipinski definition) is 1. The van der Waals surface area contributed by atoms with Crippen molar-refractivity contribution in [2.45, 2.75) is 32.6 Å². The van der Waals surface area contributed by atoms with E-state index < -0.39 is 6.37 Å². The summed E-state index contributed by atoms with van der Waals surface area (Å²) in [6.07, 6.45) is 1.07. The fourth-order valence-corrected chi connectivity index (χ4v) is 0.722. The quantitative estimate of drug-likeness (QED) is 0.593. The fourth-order valence-electron chi connectivity index (χ4n) is 0.722. The molecule has 0 aromatic carbocycles. The maximum Gasteiger partial charge on any atom is 0.0431 e. The van der Waals surface area contributed by atoms with Crippen LogP contribution < -0.4 is 0 Å². The Hall–Kier alpha value is -0.0400. The third kappa shape index (κ3) is 1.48. The lowest BCUT2D eigenvalue weighted by Crippen LogP contribution is -1.93. The van der Waals surface area contributed by atoms with E-state index in [1.165, 1.54) is 0 Å². The van der Waals surface area contributed by atoms with Gasteiger partial charge in [-0.1, -0.05) is 6.92 Å². The van der Waals surface area contributed by atoms with Gasteiger partial charge in [-0.15, -0.1) is 0 Å². The average Bonchev–Trinajstić information content (AvgIpc) is 2.49. The highest BCUT2D eigenvalue weighted by molar-refractivity contribution is 4.87. The normalized spacial score (nSPS) is 28.8. The second-order valence-corrected chi connectivity index (χ2v) is 2.71. The third-order valence-corrected chi connectivity index (χ3v) is 1.66. The minimum atomic E-state index is -1.15. The molecule has 1 fully saturated rings. The third-order valence-electron chi connectivity index (χ3n) is 1.66. The molecule has 0 unspecified atom stereocenters. The molecule has 0 aliphatic heterocycles. The smallest absolute Gasteiger partial charge is 0.0431 e. The van der Waals surface area contributed by atoms with Gasteiger partial charge in [-0.2, -0.15) is 0 Å². The van der Waals surface area contributed by atoms with Gasteiger partial charge in [0, 0.05) is 9.35 Å². The van der Waals surface area contributed by atoms with E-state index >= 15 is 0 Å². The van der Waals surface area contributed by atoms with E-state index in [2.05, 4.69) is 0 Å². The van der Waals surface area contributed by atoms with Crippen molar-refractivity contribution in [3.05, 3.63) is 0 Å². The lowest BCUT2D eigenvalue weighted by Gasteiger charge is -2.03. The Kier molecular flexibility index (Phi) is 1.00. The van der Waals surface area contributed by atoms with Gasteiger partial charge in [-0.05, 0) is 31.1 Å². The molecule has 0 amide bonds. The zero-order valence-corrected chi connectivity index (χ0v) is 5.28. The molecule has 8 heavy (non-hydrogen) atoms.